The number of benzene rings is 1. The van der Waals surface area contributed by atoms with Gasteiger partial charge >= 0.3 is 5.97 Å². The van der Waals surface area contributed by atoms with Gasteiger partial charge in [-0.15, -0.1) is 0 Å². The molecule has 0 aliphatic carbocycles. The zero-order chi connectivity index (χ0) is 14.7. The molecule has 5 heteroatoms. The summed E-state index contributed by atoms with van der Waals surface area (Å²) < 4.78 is 5.60. The van der Waals surface area contributed by atoms with Crippen molar-refractivity contribution in [3.05, 3.63) is 35.6 Å². The Labute approximate surface area is 116 Å². The number of furan rings is 1. The molecule has 1 aromatic heterocycles. The summed E-state index contributed by atoms with van der Waals surface area (Å²) in [5, 5.41) is 9.53. The lowest BCUT2D eigenvalue weighted by molar-refractivity contribution is -0.137. The molecule has 106 valence electrons. The number of nitrogens with zero attached hydrogens (tertiary/aromatic N) is 1. The van der Waals surface area contributed by atoms with E-state index in [1.54, 1.807) is 7.05 Å². The second-order valence-electron chi connectivity index (χ2n) is 4.78. The number of aliphatic carboxylic acids is 1. The van der Waals surface area contributed by atoms with Crippen molar-refractivity contribution >= 4 is 22.8 Å². The van der Waals surface area contributed by atoms with Crippen molar-refractivity contribution in [3.8, 4) is 0 Å². The van der Waals surface area contributed by atoms with E-state index in [1.165, 1.54) is 4.90 Å². The molecule has 0 aliphatic heterocycles. The first-order chi connectivity index (χ1) is 9.50. The van der Waals surface area contributed by atoms with Crippen molar-refractivity contribution in [2.24, 2.45) is 0 Å². The number of carbonyl (C=O) groups is 2. The highest BCUT2D eigenvalue weighted by atomic mass is 16.4. The van der Waals surface area contributed by atoms with E-state index in [0.717, 1.165) is 10.9 Å². The summed E-state index contributed by atoms with van der Waals surface area (Å²) in [6.07, 6.45) is 0.480. The van der Waals surface area contributed by atoms with Crippen LogP contribution >= 0.6 is 0 Å². The molecule has 2 rings (SSSR count). The monoisotopic (exact) mass is 275 g/mol. The fourth-order valence-electron chi connectivity index (χ4n) is 2.12. The van der Waals surface area contributed by atoms with E-state index in [4.69, 9.17) is 9.52 Å². The van der Waals surface area contributed by atoms with Crippen LogP contribution in [0.4, 0.5) is 0 Å². The maximum Gasteiger partial charge on any atom is 0.303 e. The van der Waals surface area contributed by atoms with Crippen LogP contribution in [0.25, 0.3) is 11.0 Å². The van der Waals surface area contributed by atoms with Crippen LogP contribution in [0.15, 0.2) is 28.7 Å². The Morgan fingerprint density at radius 1 is 1.30 bits per heavy atom. The van der Waals surface area contributed by atoms with E-state index < -0.39 is 5.97 Å². The average molecular weight is 275 g/mol. The second kappa shape index (κ2) is 5.77. The van der Waals surface area contributed by atoms with Gasteiger partial charge in [-0.1, -0.05) is 18.2 Å². The van der Waals surface area contributed by atoms with Gasteiger partial charge in [0.05, 0.1) is 0 Å². The van der Waals surface area contributed by atoms with Crippen molar-refractivity contribution in [2.75, 3.05) is 13.6 Å². The number of hydrogen-bond acceptors (Lipinski definition) is 3. The molecule has 0 saturated carbocycles. The highest BCUT2D eigenvalue weighted by Gasteiger charge is 2.20. The van der Waals surface area contributed by atoms with Crippen LogP contribution in [0.2, 0.25) is 0 Å². The van der Waals surface area contributed by atoms with Crippen molar-refractivity contribution in [3.63, 3.8) is 0 Å². The number of amides is 1. The maximum absolute atomic E-state index is 12.3. The van der Waals surface area contributed by atoms with Crippen molar-refractivity contribution in [1.82, 2.24) is 4.90 Å². The molecular weight excluding hydrogens is 258 g/mol. The first kappa shape index (κ1) is 14.1. The topological polar surface area (TPSA) is 70.8 Å². The third-order valence-electron chi connectivity index (χ3n) is 3.27. The molecule has 0 radical (unpaired) electrons. The SMILES string of the molecule is Cc1c(C(=O)N(C)CCCC(=O)O)oc2ccccc12. The minimum absolute atomic E-state index is 0.0523. The molecule has 0 fully saturated rings. The third-order valence-corrected chi connectivity index (χ3v) is 3.27. The number of aryl methyl sites for hydroxylation is 1. The molecule has 1 heterocycles. The van der Waals surface area contributed by atoms with Crippen LogP contribution in [-0.2, 0) is 4.79 Å². The summed E-state index contributed by atoms with van der Waals surface area (Å²) in [7, 11) is 1.65. The summed E-state index contributed by atoms with van der Waals surface area (Å²) in [5.41, 5.74) is 1.50. The van der Waals surface area contributed by atoms with Gasteiger partial charge in [-0.05, 0) is 19.4 Å². The maximum atomic E-state index is 12.3. The fraction of sp³-hybridized carbons (Fsp3) is 0.333. The molecule has 5 nitrogen and oxygen atoms in total. The van der Waals surface area contributed by atoms with E-state index in [1.807, 2.05) is 31.2 Å². The Morgan fingerprint density at radius 2 is 2.00 bits per heavy atom. The molecule has 0 aliphatic rings. The molecule has 1 amide bonds. The first-order valence-corrected chi connectivity index (χ1v) is 6.46. The van der Waals surface area contributed by atoms with Gasteiger partial charge in [-0.3, -0.25) is 9.59 Å². The van der Waals surface area contributed by atoms with Crippen LogP contribution in [0.5, 0.6) is 0 Å². The van der Waals surface area contributed by atoms with Gasteiger partial charge in [0.2, 0.25) is 0 Å². The zero-order valence-corrected chi connectivity index (χ0v) is 11.5. The lowest BCUT2D eigenvalue weighted by atomic mass is 10.1. The van der Waals surface area contributed by atoms with Crippen LogP contribution < -0.4 is 0 Å². The average Bonchev–Trinajstić information content (AvgIpc) is 2.75. The summed E-state index contributed by atoms with van der Waals surface area (Å²) in [4.78, 5) is 24.3. The summed E-state index contributed by atoms with van der Waals surface area (Å²) in [5.74, 6) is -0.751. The van der Waals surface area contributed by atoms with Crippen LogP contribution in [0.1, 0.15) is 29.0 Å². The predicted octanol–water partition coefficient (Wildman–Crippen LogP) is 2.68. The number of fused-ring (bicyclic) bond motifs is 1. The third kappa shape index (κ3) is 2.82. The van der Waals surface area contributed by atoms with Gasteiger partial charge in [0.25, 0.3) is 5.91 Å². The molecule has 2 aromatic rings. The number of carboxylic acid groups (broad SMARTS) is 1. The number of carboxylic acids is 1. The summed E-state index contributed by atoms with van der Waals surface area (Å²) in [6, 6.07) is 7.49. The van der Waals surface area contributed by atoms with Crippen LogP contribution in [0, 0.1) is 6.92 Å². The number of carbonyl (C=O) groups excluding carboxylic acids is 1. The highest BCUT2D eigenvalue weighted by molar-refractivity contribution is 5.98. The quantitative estimate of drug-likeness (QED) is 0.910. The van der Waals surface area contributed by atoms with E-state index >= 15 is 0 Å². The van der Waals surface area contributed by atoms with E-state index in [9.17, 15) is 9.59 Å². The highest BCUT2D eigenvalue weighted by Crippen LogP contribution is 2.25. The zero-order valence-electron chi connectivity index (χ0n) is 11.5. The van der Waals surface area contributed by atoms with Gasteiger partial charge in [0.15, 0.2) is 5.76 Å². The summed E-state index contributed by atoms with van der Waals surface area (Å²) in [6.45, 7) is 2.24. The molecule has 0 unspecified atom stereocenters. The summed E-state index contributed by atoms with van der Waals surface area (Å²) >= 11 is 0. The van der Waals surface area contributed by atoms with Gasteiger partial charge < -0.3 is 14.4 Å². The Balaban J connectivity index is 2.14. The van der Waals surface area contributed by atoms with Crippen LogP contribution in [0.3, 0.4) is 0 Å². The smallest absolute Gasteiger partial charge is 0.303 e. The molecule has 0 atom stereocenters. The Kier molecular flexibility index (Phi) is 4.08. The predicted molar refractivity (Wildman–Crippen MR) is 74.8 cm³/mol. The van der Waals surface area contributed by atoms with E-state index in [2.05, 4.69) is 0 Å². The van der Waals surface area contributed by atoms with Crippen LogP contribution in [-0.4, -0.2) is 35.5 Å². The Morgan fingerprint density at radius 3 is 2.65 bits per heavy atom. The molecular formula is C15H17NO4. The number of rotatable bonds is 5. The van der Waals surface area contributed by atoms with E-state index in [-0.39, 0.29) is 12.3 Å². The van der Waals surface area contributed by atoms with Gasteiger partial charge in [0.1, 0.15) is 5.58 Å². The largest absolute Gasteiger partial charge is 0.481 e. The molecule has 0 bridgehead atoms. The molecule has 1 aromatic carbocycles. The number of para-hydroxylation sites is 1. The minimum Gasteiger partial charge on any atom is -0.481 e. The first-order valence-electron chi connectivity index (χ1n) is 6.46. The molecule has 0 spiro atoms. The lowest BCUT2D eigenvalue weighted by Gasteiger charge is -2.15. The van der Waals surface area contributed by atoms with Gasteiger partial charge in [-0.2, -0.15) is 0 Å². The second-order valence-corrected chi connectivity index (χ2v) is 4.78. The Hall–Kier alpha value is -2.30. The lowest BCUT2D eigenvalue weighted by Crippen LogP contribution is -2.28. The molecule has 0 saturated heterocycles. The fourth-order valence-corrected chi connectivity index (χ4v) is 2.12. The normalized spacial score (nSPS) is 10.7. The minimum atomic E-state index is -0.856. The molecule has 20 heavy (non-hydrogen) atoms. The van der Waals surface area contributed by atoms with Crippen molar-refractivity contribution in [1.29, 1.82) is 0 Å². The van der Waals surface area contributed by atoms with Gasteiger partial charge in [-0.25, -0.2) is 0 Å². The van der Waals surface area contributed by atoms with Crippen molar-refractivity contribution < 1.29 is 19.1 Å². The standard InChI is InChI=1S/C15H17NO4/c1-10-11-6-3-4-7-12(11)20-14(10)15(19)16(2)9-5-8-13(17)18/h3-4,6-7H,5,8-9H2,1-2H3,(H,17,18). The number of hydrogen-bond donors (Lipinski definition) is 1. The van der Waals surface area contributed by atoms with E-state index in [0.29, 0.717) is 24.3 Å². The van der Waals surface area contributed by atoms with Crippen molar-refractivity contribution in [2.45, 2.75) is 19.8 Å². The molecule has 1 N–H and O–H groups in total. The van der Waals surface area contributed by atoms with Gasteiger partial charge in [0, 0.05) is 31.0 Å². The Bertz CT molecular complexity index is 644.